The third-order valence-electron chi connectivity index (χ3n) is 3.43. The van der Waals surface area contributed by atoms with E-state index in [4.69, 9.17) is 10.5 Å². The molecule has 1 saturated carbocycles. The van der Waals surface area contributed by atoms with Gasteiger partial charge in [-0.2, -0.15) is 0 Å². The maximum Gasteiger partial charge on any atom is 0.404 e. The number of carbonyl (C=O) groups excluding carboxylic acids is 1. The van der Waals surface area contributed by atoms with Gasteiger partial charge in [0.25, 0.3) is 0 Å². The fraction of sp³-hybridized carbons (Fsp3) is 0.727. The van der Waals surface area contributed by atoms with Crippen LogP contribution < -0.4 is 5.73 Å². The largest absolute Gasteiger partial charge is 0.449 e. The minimum Gasteiger partial charge on any atom is -0.449 e. The lowest BCUT2D eigenvalue weighted by molar-refractivity contribution is 0.147. The van der Waals surface area contributed by atoms with Crippen molar-refractivity contribution in [3.05, 3.63) is 12.2 Å². The zero-order valence-corrected chi connectivity index (χ0v) is 8.32. The van der Waals surface area contributed by atoms with Gasteiger partial charge in [-0.3, -0.25) is 0 Å². The molecule has 2 aliphatic rings. The van der Waals surface area contributed by atoms with Crippen molar-refractivity contribution < 1.29 is 9.53 Å². The van der Waals surface area contributed by atoms with Gasteiger partial charge in [-0.1, -0.05) is 12.2 Å². The van der Waals surface area contributed by atoms with E-state index in [1.165, 1.54) is 25.7 Å². The molecule has 0 spiro atoms. The highest BCUT2D eigenvalue weighted by molar-refractivity contribution is 5.64. The second-order valence-corrected chi connectivity index (χ2v) is 4.25. The number of primary amides is 1. The van der Waals surface area contributed by atoms with E-state index in [-0.39, 0.29) is 0 Å². The second-order valence-electron chi connectivity index (χ2n) is 4.25. The van der Waals surface area contributed by atoms with Crippen LogP contribution in [0.5, 0.6) is 0 Å². The molecule has 0 aromatic carbocycles. The van der Waals surface area contributed by atoms with Gasteiger partial charge in [-0.05, 0) is 43.4 Å². The second kappa shape index (κ2) is 4.03. The van der Waals surface area contributed by atoms with Crippen LogP contribution in [0.3, 0.4) is 0 Å². The first-order chi connectivity index (χ1) is 6.79. The Labute approximate surface area is 84.3 Å². The topological polar surface area (TPSA) is 52.3 Å². The summed E-state index contributed by atoms with van der Waals surface area (Å²) in [5.41, 5.74) is 4.95. The van der Waals surface area contributed by atoms with E-state index in [1.54, 1.807) is 0 Å². The molecule has 1 fully saturated rings. The van der Waals surface area contributed by atoms with Crippen molar-refractivity contribution in [2.24, 2.45) is 23.5 Å². The minimum atomic E-state index is -0.637. The van der Waals surface area contributed by atoms with Crippen LogP contribution in [-0.2, 0) is 4.74 Å². The third kappa shape index (κ3) is 2.08. The summed E-state index contributed by atoms with van der Waals surface area (Å²) in [7, 11) is 0. The van der Waals surface area contributed by atoms with Crippen molar-refractivity contribution in [2.75, 3.05) is 6.61 Å². The quantitative estimate of drug-likeness (QED) is 0.686. The normalized spacial score (nSPS) is 37.6. The van der Waals surface area contributed by atoms with Crippen LogP contribution in [0.1, 0.15) is 25.7 Å². The molecule has 0 bridgehead atoms. The number of carbonyl (C=O) groups is 1. The summed E-state index contributed by atoms with van der Waals surface area (Å²) in [6, 6.07) is 0. The molecule has 0 aromatic heterocycles. The van der Waals surface area contributed by atoms with E-state index in [1.807, 2.05) is 0 Å². The van der Waals surface area contributed by atoms with Crippen molar-refractivity contribution in [2.45, 2.75) is 25.7 Å². The SMILES string of the molecule is NC(=O)OCC1[C@H]2CC/C=C\CC[C@@H]12. The number of rotatable bonds is 2. The first kappa shape index (κ1) is 9.56. The summed E-state index contributed by atoms with van der Waals surface area (Å²) in [6.07, 6.45) is 8.73. The maximum atomic E-state index is 10.5. The lowest BCUT2D eigenvalue weighted by Crippen LogP contribution is -2.15. The van der Waals surface area contributed by atoms with Crippen molar-refractivity contribution in [3.8, 4) is 0 Å². The van der Waals surface area contributed by atoms with Gasteiger partial charge in [-0.25, -0.2) is 4.79 Å². The Balaban J connectivity index is 1.78. The Kier molecular flexibility index (Phi) is 2.75. The van der Waals surface area contributed by atoms with E-state index in [9.17, 15) is 4.79 Å². The van der Waals surface area contributed by atoms with Gasteiger partial charge in [0, 0.05) is 0 Å². The molecular formula is C11H17NO2. The van der Waals surface area contributed by atoms with E-state index >= 15 is 0 Å². The molecule has 0 saturated heterocycles. The molecule has 0 aromatic rings. The highest BCUT2D eigenvalue weighted by Crippen LogP contribution is 2.52. The number of allylic oxidation sites excluding steroid dienone is 2. The van der Waals surface area contributed by atoms with Crippen molar-refractivity contribution in [1.29, 1.82) is 0 Å². The molecule has 2 aliphatic carbocycles. The molecule has 2 N–H and O–H groups in total. The maximum absolute atomic E-state index is 10.5. The van der Waals surface area contributed by atoms with Crippen LogP contribution in [0.25, 0.3) is 0 Å². The first-order valence-corrected chi connectivity index (χ1v) is 5.36. The molecular weight excluding hydrogens is 178 g/mol. The monoisotopic (exact) mass is 195 g/mol. The molecule has 2 rings (SSSR count). The van der Waals surface area contributed by atoms with Crippen LogP contribution in [0, 0.1) is 17.8 Å². The van der Waals surface area contributed by atoms with Crippen LogP contribution in [0.15, 0.2) is 12.2 Å². The number of hydrogen-bond donors (Lipinski definition) is 1. The zero-order valence-electron chi connectivity index (χ0n) is 8.32. The molecule has 1 unspecified atom stereocenters. The van der Waals surface area contributed by atoms with Crippen LogP contribution in [0.4, 0.5) is 4.79 Å². The number of fused-ring (bicyclic) bond motifs is 1. The Morgan fingerprint density at radius 3 is 2.36 bits per heavy atom. The van der Waals surface area contributed by atoms with E-state index in [0.717, 1.165) is 11.8 Å². The molecule has 0 aliphatic heterocycles. The average molecular weight is 195 g/mol. The van der Waals surface area contributed by atoms with Crippen molar-refractivity contribution in [1.82, 2.24) is 0 Å². The lowest BCUT2D eigenvalue weighted by atomic mass is 10.1. The standard InChI is InChI=1S/C11H17NO2/c12-11(13)14-7-10-8-5-3-1-2-4-6-9(8)10/h1-2,8-10H,3-7H2,(H2,12,13)/b2-1-/t8-,9+,10?. The minimum absolute atomic E-state index is 0.532. The summed E-state index contributed by atoms with van der Waals surface area (Å²) in [6.45, 7) is 0.532. The van der Waals surface area contributed by atoms with Gasteiger partial charge in [0.05, 0.1) is 6.61 Å². The number of amides is 1. The lowest BCUT2D eigenvalue weighted by Gasteiger charge is -1.99. The fourth-order valence-corrected chi connectivity index (χ4v) is 2.62. The Hall–Kier alpha value is -0.990. The first-order valence-electron chi connectivity index (χ1n) is 5.36. The van der Waals surface area contributed by atoms with Crippen molar-refractivity contribution >= 4 is 6.09 Å². The summed E-state index contributed by atoms with van der Waals surface area (Å²) in [5, 5.41) is 0. The third-order valence-corrected chi connectivity index (χ3v) is 3.43. The van der Waals surface area contributed by atoms with Gasteiger partial charge < -0.3 is 10.5 Å². The molecule has 3 heteroatoms. The van der Waals surface area contributed by atoms with Crippen LogP contribution in [-0.4, -0.2) is 12.7 Å². The smallest absolute Gasteiger partial charge is 0.404 e. The predicted molar refractivity (Wildman–Crippen MR) is 53.6 cm³/mol. The molecule has 0 heterocycles. The average Bonchev–Trinajstić information content (AvgIpc) is 2.72. The molecule has 3 nitrogen and oxygen atoms in total. The van der Waals surface area contributed by atoms with E-state index in [2.05, 4.69) is 12.2 Å². The number of nitrogens with two attached hydrogens (primary N) is 1. The van der Waals surface area contributed by atoms with Gasteiger partial charge in [0.15, 0.2) is 0 Å². The van der Waals surface area contributed by atoms with Gasteiger partial charge in [-0.15, -0.1) is 0 Å². The van der Waals surface area contributed by atoms with E-state index in [0.29, 0.717) is 12.5 Å². The molecule has 14 heavy (non-hydrogen) atoms. The fourth-order valence-electron chi connectivity index (χ4n) is 2.62. The molecule has 3 atom stereocenters. The summed E-state index contributed by atoms with van der Waals surface area (Å²) < 4.78 is 4.86. The number of ether oxygens (including phenoxy) is 1. The number of hydrogen-bond acceptors (Lipinski definition) is 2. The molecule has 0 radical (unpaired) electrons. The molecule has 1 amide bonds. The van der Waals surface area contributed by atoms with Gasteiger partial charge in [0.2, 0.25) is 0 Å². The van der Waals surface area contributed by atoms with Gasteiger partial charge >= 0.3 is 6.09 Å². The van der Waals surface area contributed by atoms with Gasteiger partial charge in [0.1, 0.15) is 0 Å². The Morgan fingerprint density at radius 2 is 1.86 bits per heavy atom. The summed E-state index contributed by atoms with van der Waals surface area (Å²) in [4.78, 5) is 10.5. The summed E-state index contributed by atoms with van der Waals surface area (Å²) >= 11 is 0. The Bertz CT molecular complexity index is 234. The summed E-state index contributed by atoms with van der Waals surface area (Å²) in [5.74, 6) is 2.14. The molecule has 78 valence electrons. The zero-order chi connectivity index (χ0) is 9.97. The van der Waals surface area contributed by atoms with Crippen LogP contribution in [0.2, 0.25) is 0 Å². The van der Waals surface area contributed by atoms with E-state index < -0.39 is 6.09 Å². The highest BCUT2D eigenvalue weighted by Gasteiger charge is 2.49. The van der Waals surface area contributed by atoms with Crippen LogP contribution >= 0.6 is 0 Å². The predicted octanol–water partition coefficient (Wildman–Crippen LogP) is 2.07. The van der Waals surface area contributed by atoms with Crippen molar-refractivity contribution in [3.63, 3.8) is 0 Å². The highest BCUT2D eigenvalue weighted by atomic mass is 16.5. The Morgan fingerprint density at radius 1 is 1.29 bits per heavy atom.